The Kier molecular flexibility index (Phi) is 4.56. The molecule has 3 heteroatoms. The van der Waals surface area contributed by atoms with Crippen LogP contribution in [0.1, 0.15) is 39.3 Å². The molecule has 0 aliphatic rings. The van der Waals surface area contributed by atoms with Crippen LogP contribution in [0.15, 0.2) is 23.0 Å². The summed E-state index contributed by atoms with van der Waals surface area (Å²) in [5.41, 5.74) is 1.22. The summed E-state index contributed by atoms with van der Waals surface area (Å²) in [5, 5.41) is 3.46. The van der Waals surface area contributed by atoms with Crippen molar-refractivity contribution >= 4 is 0 Å². The molecule has 0 amide bonds. The van der Waals surface area contributed by atoms with Crippen molar-refractivity contribution < 1.29 is 9.15 Å². The van der Waals surface area contributed by atoms with E-state index in [1.54, 1.807) is 19.6 Å². The highest BCUT2D eigenvalue weighted by Crippen LogP contribution is 2.32. The van der Waals surface area contributed by atoms with Crippen molar-refractivity contribution in [3.8, 4) is 0 Å². The van der Waals surface area contributed by atoms with Gasteiger partial charge in [0, 0.05) is 12.7 Å². The van der Waals surface area contributed by atoms with E-state index < -0.39 is 0 Å². The summed E-state index contributed by atoms with van der Waals surface area (Å²) in [5.74, 6) is 0. The van der Waals surface area contributed by atoms with Crippen LogP contribution in [0.2, 0.25) is 0 Å². The van der Waals surface area contributed by atoms with Crippen LogP contribution in [0.4, 0.5) is 0 Å². The van der Waals surface area contributed by atoms with Gasteiger partial charge in [0.05, 0.1) is 24.7 Å². The van der Waals surface area contributed by atoms with Crippen molar-refractivity contribution in [3.05, 3.63) is 24.2 Å². The van der Waals surface area contributed by atoms with Gasteiger partial charge in [0.2, 0.25) is 0 Å². The summed E-state index contributed by atoms with van der Waals surface area (Å²) in [7, 11) is 1.76. The highest BCUT2D eigenvalue weighted by atomic mass is 16.5. The number of methoxy groups -OCH3 is 1. The lowest BCUT2D eigenvalue weighted by Gasteiger charge is -2.36. The maximum atomic E-state index is 5.65. The molecule has 0 fully saturated rings. The van der Waals surface area contributed by atoms with E-state index >= 15 is 0 Å². The molecule has 16 heavy (non-hydrogen) atoms. The molecule has 0 radical (unpaired) electrons. The Labute approximate surface area is 98.2 Å². The zero-order valence-corrected chi connectivity index (χ0v) is 10.9. The fraction of sp³-hybridized carbons (Fsp3) is 0.692. The molecule has 1 aromatic rings. The van der Waals surface area contributed by atoms with E-state index in [9.17, 15) is 0 Å². The number of hydrogen-bond acceptors (Lipinski definition) is 3. The highest BCUT2D eigenvalue weighted by molar-refractivity contribution is 5.14. The summed E-state index contributed by atoms with van der Waals surface area (Å²) in [6, 6.07) is 2.17. The molecule has 0 saturated heterocycles. The minimum atomic E-state index is 0.0822. The predicted octanol–water partition coefficient (Wildman–Crippen LogP) is 2.99. The van der Waals surface area contributed by atoms with E-state index in [1.165, 1.54) is 0 Å². The predicted molar refractivity (Wildman–Crippen MR) is 65.4 cm³/mol. The van der Waals surface area contributed by atoms with Gasteiger partial charge in [-0.2, -0.15) is 0 Å². The van der Waals surface area contributed by atoms with Gasteiger partial charge in [0.1, 0.15) is 0 Å². The van der Waals surface area contributed by atoms with Gasteiger partial charge in [-0.3, -0.25) is 0 Å². The molecule has 0 aliphatic carbocycles. The van der Waals surface area contributed by atoms with Gasteiger partial charge in [0.25, 0.3) is 0 Å². The van der Waals surface area contributed by atoms with Crippen molar-refractivity contribution in [2.45, 2.75) is 39.8 Å². The van der Waals surface area contributed by atoms with Gasteiger partial charge in [-0.05, 0) is 18.0 Å². The number of rotatable bonds is 5. The molecular weight excluding hydrogens is 202 g/mol. The van der Waals surface area contributed by atoms with Crippen molar-refractivity contribution in [1.29, 1.82) is 0 Å². The van der Waals surface area contributed by atoms with Crippen molar-refractivity contribution in [2.75, 3.05) is 13.7 Å². The van der Waals surface area contributed by atoms with E-state index in [4.69, 9.17) is 9.15 Å². The Hall–Kier alpha value is -0.800. The first-order chi connectivity index (χ1) is 7.50. The Morgan fingerprint density at radius 1 is 1.44 bits per heavy atom. The number of furan rings is 1. The second-order valence-corrected chi connectivity index (χ2v) is 5.11. The molecule has 0 saturated carbocycles. The average molecular weight is 225 g/mol. The minimum absolute atomic E-state index is 0.0822. The smallest absolute Gasteiger partial charge is 0.0951 e. The van der Waals surface area contributed by atoms with Crippen LogP contribution in [-0.2, 0) is 4.74 Å². The maximum absolute atomic E-state index is 5.65. The molecule has 2 atom stereocenters. The molecule has 0 aliphatic heterocycles. The van der Waals surface area contributed by atoms with Crippen LogP contribution in [0.25, 0.3) is 0 Å². The zero-order chi connectivity index (χ0) is 12.2. The van der Waals surface area contributed by atoms with Gasteiger partial charge in [0.15, 0.2) is 0 Å². The molecule has 2 unspecified atom stereocenters. The van der Waals surface area contributed by atoms with Gasteiger partial charge in [-0.15, -0.1) is 0 Å². The molecule has 1 heterocycles. The van der Waals surface area contributed by atoms with Gasteiger partial charge in [-0.1, -0.05) is 27.7 Å². The molecule has 1 rings (SSSR count). The van der Waals surface area contributed by atoms with Gasteiger partial charge in [-0.25, -0.2) is 0 Å². The first-order valence-corrected chi connectivity index (χ1v) is 5.79. The number of ether oxygens (including phenoxy) is 1. The third-order valence-electron chi connectivity index (χ3n) is 2.74. The fourth-order valence-electron chi connectivity index (χ4n) is 2.06. The minimum Gasteiger partial charge on any atom is -0.472 e. The van der Waals surface area contributed by atoms with Gasteiger partial charge < -0.3 is 14.5 Å². The van der Waals surface area contributed by atoms with E-state index in [2.05, 4.69) is 33.0 Å². The number of hydrogen-bond donors (Lipinski definition) is 1. The third-order valence-corrected chi connectivity index (χ3v) is 2.74. The first-order valence-electron chi connectivity index (χ1n) is 5.79. The molecule has 0 bridgehead atoms. The largest absolute Gasteiger partial charge is 0.472 e. The molecule has 92 valence electrons. The molecule has 3 nitrogen and oxygen atoms in total. The van der Waals surface area contributed by atoms with Crippen molar-refractivity contribution in [3.63, 3.8) is 0 Å². The molecule has 1 aromatic heterocycles. The first kappa shape index (κ1) is 13.3. The van der Waals surface area contributed by atoms with Gasteiger partial charge >= 0.3 is 0 Å². The maximum Gasteiger partial charge on any atom is 0.0951 e. The summed E-state index contributed by atoms with van der Waals surface area (Å²) >= 11 is 0. The van der Waals surface area contributed by atoms with Crippen molar-refractivity contribution in [1.82, 2.24) is 5.32 Å². The number of nitrogens with one attached hydrogen (secondary N) is 1. The Bertz CT molecular complexity index is 287. The van der Waals surface area contributed by atoms with E-state index in [0.717, 1.165) is 12.1 Å². The highest BCUT2D eigenvalue weighted by Gasteiger charge is 2.33. The van der Waals surface area contributed by atoms with Crippen LogP contribution in [0.5, 0.6) is 0 Å². The van der Waals surface area contributed by atoms with E-state index in [-0.39, 0.29) is 17.6 Å². The lowest BCUT2D eigenvalue weighted by molar-refractivity contribution is -0.0117. The molecular formula is C13H23NO2. The lowest BCUT2D eigenvalue weighted by atomic mass is 9.82. The topological polar surface area (TPSA) is 34.4 Å². The SMILES string of the molecule is CCNC(c1ccoc1)C(OC)C(C)(C)C. The van der Waals surface area contributed by atoms with Crippen LogP contribution in [0.3, 0.4) is 0 Å². The van der Waals surface area contributed by atoms with Crippen LogP contribution in [-0.4, -0.2) is 19.8 Å². The van der Waals surface area contributed by atoms with Crippen LogP contribution < -0.4 is 5.32 Å². The summed E-state index contributed by atoms with van der Waals surface area (Å²) in [6.45, 7) is 9.57. The molecule has 1 N–H and O–H groups in total. The quantitative estimate of drug-likeness (QED) is 0.836. The monoisotopic (exact) mass is 225 g/mol. The Balaban J connectivity index is 2.92. The standard InChI is InChI=1S/C13H23NO2/c1-6-14-11(10-7-8-16-9-10)12(15-5)13(2,3)4/h7-9,11-12,14H,6H2,1-5H3. The van der Waals surface area contributed by atoms with Crippen LogP contribution in [0, 0.1) is 5.41 Å². The zero-order valence-electron chi connectivity index (χ0n) is 10.9. The summed E-state index contributed by atoms with van der Waals surface area (Å²) in [6.07, 6.45) is 3.60. The normalized spacial score (nSPS) is 16.1. The third kappa shape index (κ3) is 3.09. The average Bonchev–Trinajstić information content (AvgIpc) is 2.68. The Morgan fingerprint density at radius 2 is 2.12 bits per heavy atom. The Morgan fingerprint density at radius 3 is 2.50 bits per heavy atom. The van der Waals surface area contributed by atoms with Crippen molar-refractivity contribution in [2.24, 2.45) is 5.41 Å². The second-order valence-electron chi connectivity index (χ2n) is 5.11. The second kappa shape index (κ2) is 5.51. The van der Waals surface area contributed by atoms with E-state index in [1.807, 2.05) is 6.07 Å². The lowest BCUT2D eigenvalue weighted by Crippen LogP contribution is -2.41. The molecule has 0 aromatic carbocycles. The summed E-state index contributed by atoms with van der Waals surface area (Å²) < 4.78 is 10.8. The number of likely N-dealkylation sites (N-methyl/N-ethyl adjacent to an activating group) is 1. The fourth-order valence-corrected chi connectivity index (χ4v) is 2.06. The summed E-state index contributed by atoms with van der Waals surface area (Å²) in [4.78, 5) is 0. The van der Waals surface area contributed by atoms with Crippen LogP contribution >= 0.6 is 0 Å². The van der Waals surface area contributed by atoms with E-state index in [0.29, 0.717) is 0 Å². The molecule has 0 spiro atoms.